The molecule has 0 saturated heterocycles. The van der Waals surface area contributed by atoms with E-state index in [9.17, 15) is 13.6 Å². The molecule has 6 nitrogen and oxygen atoms in total. The topological polar surface area (TPSA) is 59.4 Å². The number of rotatable bonds is 4. The highest BCUT2D eigenvalue weighted by molar-refractivity contribution is 6.31. The second-order valence-electron chi connectivity index (χ2n) is 6.97. The van der Waals surface area contributed by atoms with Crippen LogP contribution in [0.15, 0.2) is 42.5 Å². The first kappa shape index (κ1) is 20.2. The van der Waals surface area contributed by atoms with Gasteiger partial charge in [-0.25, -0.2) is 13.6 Å². The normalized spacial score (nSPS) is 13.1. The zero-order valence-corrected chi connectivity index (χ0v) is 16.9. The van der Waals surface area contributed by atoms with E-state index in [1.54, 1.807) is 21.7 Å². The highest BCUT2D eigenvalue weighted by Gasteiger charge is 2.27. The maximum absolute atomic E-state index is 13.3. The SMILES string of the molecule is Cn1nc(COc2ccc(F)cc2)c2c1CCN(C(=O)Nc1ccc(F)c(Cl)c1)C2. The molecule has 1 aliphatic heterocycles. The first-order valence-electron chi connectivity index (χ1n) is 9.33. The van der Waals surface area contributed by atoms with Crippen LogP contribution < -0.4 is 10.1 Å². The Balaban J connectivity index is 1.46. The molecule has 1 aliphatic rings. The maximum Gasteiger partial charge on any atom is 0.322 e. The lowest BCUT2D eigenvalue weighted by molar-refractivity contribution is 0.205. The van der Waals surface area contributed by atoms with Gasteiger partial charge in [0.2, 0.25) is 0 Å². The molecule has 2 amide bonds. The smallest absolute Gasteiger partial charge is 0.322 e. The lowest BCUT2D eigenvalue weighted by atomic mass is 10.1. The van der Waals surface area contributed by atoms with Crippen LogP contribution in [0.1, 0.15) is 17.0 Å². The van der Waals surface area contributed by atoms with E-state index in [4.69, 9.17) is 16.3 Å². The Morgan fingerprint density at radius 3 is 2.73 bits per heavy atom. The largest absolute Gasteiger partial charge is 0.487 e. The predicted octanol–water partition coefficient (Wildman–Crippen LogP) is 4.52. The number of urea groups is 1. The minimum absolute atomic E-state index is 0.0544. The van der Waals surface area contributed by atoms with E-state index in [0.717, 1.165) is 17.0 Å². The molecule has 156 valence electrons. The fourth-order valence-corrected chi connectivity index (χ4v) is 3.60. The number of carbonyl (C=O) groups excluding carboxylic acids is 1. The van der Waals surface area contributed by atoms with Gasteiger partial charge in [0.15, 0.2) is 0 Å². The van der Waals surface area contributed by atoms with Crippen LogP contribution in [0.25, 0.3) is 0 Å². The average Bonchev–Trinajstić information content (AvgIpc) is 3.05. The second kappa shape index (κ2) is 8.31. The van der Waals surface area contributed by atoms with Gasteiger partial charge in [0, 0.05) is 37.0 Å². The quantitative estimate of drug-likeness (QED) is 0.659. The lowest BCUT2D eigenvalue weighted by Crippen LogP contribution is -2.39. The van der Waals surface area contributed by atoms with Crippen LogP contribution in [0.4, 0.5) is 19.3 Å². The van der Waals surface area contributed by atoms with Crippen LogP contribution in [0.2, 0.25) is 5.02 Å². The number of benzene rings is 2. The fraction of sp³-hybridized carbons (Fsp3) is 0.238. The van der Waals surface area contributed by atoms with Crippen molar-refractivity contribution >= 4 is 23.3 Å². The van der Waals surface area contributed by atoms with Crippen molar-refractivity contribution in [2.24, 2.45) is 7.05 Å². The Bertz CT molecular complexity index is 1090. The number of hydrogen-bond donors (Lipinski definition) is 1. The highest BCUT2D eigenvalue weighted by atomic mass is 35.5. The van der Waals surface area contributed by atoms with Crippen molar-refractivity contribution in [3.63, 3.8) is 0 Å². The predicted molar refractivity (Wildman–Crippen MR) is 108 cm³/mol. The summed E-state index contributed by atoms with van der Waals surface area (Å²) in [5, 5.41) is 7.21. The van der Waals surface area contributed by atoms with E-state index in [1.807, 2.05) is 7.05 Å². The average molecular weight is 433 g/mol. The van der Waals surface area contributed by atoms with Gasteiger partial charge in [0.05, 0.1) is 11.6 Å². The molecule has 4 rings (SSSR count). The molecule has 9 heteroatoms. The summed E-state index contributed by atoms with van der Waals surface area (Å²) in [6.07, 6.45) is 0.646. The van der Waals surface area contributed by atoms with Gasteiger partial charge in [0.25, 0.3) is 0 Å². The molecule has 30 heavy (non-hydrogen) atoms. The summed E-state index contributed by atoms with van der Waals surface area (Å²) < 4.78 is 33.9. The van der Waals surface area contributed by atoms with E-state index in [0.29, 0.717) is 30.9 Å². The van der Waals surface area contributed by atoms with Gasteiger partial charge >= 0.3 is 6.03 Å². The molecule has 0 radical (unpaired) electrons. The van der Waals surface area contributed by atoms with E-state index in [1.165, 1.54) is 30.3 Å². The number of aromatic nitrogens is 2. The number of amides is 2. The third kappa shape index (κ3) is 4.23. The molecule has 0 spiro atoms. The summed E-state index contributed by atoms with van der Waals surface area (Å²) in [6, 6.07) is 9.50. The molecule has 0 unspecified atom stereocenters. The third-order valence-corrected chi connectivity index (χ3v) is 5.26. The number of nitrogens with one attached hydrogen (secondary N) is 1. The van der Waals surface area contributed by atoms with Crippen molar-refractivity contribution in [1.82, 2.24) is 14.7 Å². The van der Waals surface area contributed by atoms with Crippen LogP contribution in [0.3, 0.4) is 0 Å². The van der Waals surface area contributed by atoms with Crippen molar-refractivity contribution in [2.75, 3.05) is 11.9 Å². The van der Waals surface area contributed by atoms with Crippen molar-refractivity contribution in [1.29, 1.82) is 0 Å². The first-order chi connectivity index (χ1) is 14.4. The van der Waals surface area contributed by atoms with E-state index in [2.05, 4.69) is 10.4 Å². The van der Waals surface area contributed by atoms with E-state index < -0.39 is 5.82 Å². The summed E-state index contributed by atoms with van der Waals surface area (Å²) in [4.78, 5) is 14.3. The van der Waals surface area contributed by atoms with E-state index in [-0.39, 0.29) is 23.5 Å². The maximum atomic E-state index is 13.3. The van der Waals surface area contributed by atoms with Crippen LogP contribution in [0, 0.1) is 11.6 Å². The van der Waals surface area contributed by atoms with E-state index >= 15 is 0 Å². The molecule has 1 N–H and O–H groups in total. The molecule has 1 aromatic heterocycles. The van der Waals surface area contributed by atoms with Gasteiger partial charge in [-0.15, -0.1) is 0 Å². The van der Waals surface area contributed by atoms with Crippen molar-refractivity contribution < 1.29 is 18.3 Å². The number of hydrogen-bond acceptors (Lipinski definition) is 3. The number of fused-ring (bicyclic) bond motifs is 1. The fourth-order valence-electron chi connectivity index (χ4n) is 3.42. The standard InChI is InChI=1S/C21H19ClF2N4O2/c1-27-20-8-9-28(21(29)25-14-4-7-18(24)17(22)10-14)11-16(20)19(26-27)12-30-15-5-2-13(23)3-6-15/h2-7,10H,8-9,11-12H2,1H3,(H,25,29). The molecule has 0 atom stereocenters. The Morgan fingerprint density at radius 2 is 2.00 bits per heavy atom. The lowest BCUT2D eigenvalue weighted by Gasteiger charge is -2.28. The zero-order valence-electron chi connectivity index (χ0n) is 16.2. The Labute approximate surface area is 177 Å². The Morgan fingerprint density at radius 1 is 1.23 bits per heavy atom. The number of ether oxygens (including phenoxy) is 1. The summed E-state index contributed by atoms with van der Waals surface area (Å²) in [5.74, 6) is -0.338. The van der Waals surface area contributed by atoms with Gasteiger partial charge in [-0.1, -0.05) is 11.6 Å². The summed E-state index contributed by atoms with van der Waals surface area (Å²) in [7, 11) is 1.86. The number of carbonyl (C=O) groups is 1. The molecule has 2 heterocycles. The monoisotopic (exact) mass is 432 g/mol. The first-order valence-corrected chi connectivity index (χ1v) is 9.71. The molecule has 2 aromatic carbocycles. The number of anilines is 1. The van der Waals surface area contributed by atoms with Crippen LogP contribution >= 0.6 is 11.6 Å². The van der Waals surface area contributed by atoms with Crippen LogP contribution in [-0.4, -0.2) is 27.3 Å². The van der Waals surface area contributed by atoms with Gasteiger partial charge in [-0.2, -0.15) is 5.10 Å². The molecule has 0 aliphatic carbocycles. The number of halogens is 3. The van der Waals surface area contributed by atoms with Crippen molar-refractivity contribution in [3.8, 4) is 5.75 Å². The summed E-state index contributed by atoms with van der Waals surface area (Å²) >= 11 is 5.78. The summed E-state index contributed by atoms with van der Waals surface area (Å²) in [6.45, 7) is 1.09. The Kier molecular flexibility index (Phi) is 5.59. The third-order valence-electron chi connectivity index (χ3n) is 4.97. The molecule has 3 aromatic rings. The molecule has 0 fully saturated rings. The number of nitrogens with zero attached hydrogens (tertiary/aromatic N) is 3. The van der Waals surface area contributed by atoms with Gasteiger partial charge in [-0.05, 0) is 42.5 Å². The van der Waals surface area contributed by atoms with Gasteiger partial charge in [-0.3, -0.25) is 4.68 Å². The van der Waals surface area contributed by atoms with Crippen LogP contribution in [-0.2, 0) is 26.6 Å². The van der Waals surface area contributed by atoms with Crippen molar-refractivity contribution in [3.05, 3.63) is 76.1 Å². The second-order valence-corrected chi connectivity index (χ2v) is 7.38. The number of aryl methyl sites for hydroxylation is 1. The van der Waals surface area contributed by atoms with Crippen molar-refractivity contribution in [2.45, 2.75) is 19.6 Å². The minimum atomic E-state index is -0.543. The summed E-state index contributed by atoms with van der Waals surface area (Å²) in [5.41, 5.74) is 3.11. The minimum Gasteiger partial charge on any atom is -0.487 e. The molecular formula is C21H19ClF2N4O2. The molecular weight excluding hydrogens is 414 g/mol. The van der Waals surface area contributed by atoms with Gasteiger partial charge < -0.3 is 15.0 Å². The molecule has 0 saturated carbocycles. The van der Waals surface area contributed by atoms with Crippen LogP contribution in [0.5, 0.6) is 5.75 Å². The molecule has 0 bridgehead atoms. The van der Waals surface area contributed by atoms with Gasteiger partial charge in [0.1, 0.15) is 29.7 Å². The Hall–Kier alpha value is -3.13. The zero-order chi connectivity index (χ0) is 21.3. The highest BCUT2D eigenvalue weighted by Crippen LogP contribution is 2.25.